The summed E-state index contributed by atoms with van der Waals surface area (Å²) in [7, 11) is 0. The molecule has 1 rings (SSSR count). The lowest BCUT2D eigenvalue weighted by molar-refractivity contribution is 1.30. The number of nitrogens with zero attached hydrogens (tertiary/aromatic N) is 1. The van der Waals surface area contributed by atoms with Crippen molar-refractivity contribution < 1.29 is 0 Å². The first-order chi connectivity index (χ1) is 3.00. The third-order valence-electron chi connectivity index (χ3n) is 0.606. The summed E-state index contributed by atoms with van der Waals surface area (Å²) in [5.74, 6) is 3.09. The molecule has 0 fully saturated rings. The first-order valence-corrected chi connectivity index (χ1v) is 3.00. The predicted molar refractivity (Wildman–Crippen MR) is 29.9 cm³/mol. The normalized spacial score (nSPS) is 21.3. The fraction of sp³-hybridized carbons (Fsp3) is 0.500. The Morgan fingerprint density at radius 3 is 2.83 bits per heavy atom. The molecule has 0 spiro atoms. The maximum Gasteiger partial charge on any atom is 0.126 e. The van der Waals surface area contributed by atoms with Crippen LogP contribution >= 0.6 is 11.8 Å². The first kappa shape index (κ1) is 4.19. The van der Waals surface area contributed by atoms with Gasteiger partial charge in [-0.1, -0.05) is 0 Å². The van der Waals surface area contributed by atoms with Gasteiger partial charge in [-0.2, -0.15) is 0 Å². The summed E-state index contributed by atoms with van der Waals surface area (Å²) in [4.78, 5) is 3.89. The van der Waals surface area contributed by atoms with Crippen LogP contribution < -0.4 is 0 Å². The zero-order chi connectivity index (χ0) is 4.24. The van der Waals surface area contributed by atoms with Gasteiger partial charge in [-0.3, -0.25) is 4.99 Å². The largest absolute Gasteiger partial charge is 0.280 e. The summed E-state index contributed by atoms with van der Waals surface area (Å²) in [6.45, 7) is 0. The minimum absolute atomic E-state index is 1.14. The number of aliphatic imine (C=N–C) groups is 1. The Morgan fingerprint density at radius 2 is 2.67 bits per heavy atom. The highest BCUT2D eigenvalue weighted by atomic mass is 32.2. The van der Waals surface area contributed by atoms with E-state index >= 15 is 0 Å². The second-order valence-electron chi connectivity index (χ2n) is 1.10. The molecule has 1 radical (unpaired) electrons. The van der Waals surface area contributed by atoms with Gasteiger partial charge in [0.1, 0.15) is 5.88 Å². The van der Waals surface area contributed by atoms with E-state index in [1.54, 1.807) is 11.8 Å². The van der Waals surface area contributed by atoms with Crippen molar-refractivity contribution in [1.82, 2.24) is 0 Å². The average Bonchev–Trinajstić information content (AvgIpc) is 1.72. The summed E-state index contributed by atoms with van der Waals surface area (Å²) in [6, 6.07) is 0. The van der Waals surface area contributed by atoms with Crippen molar-refractivity contribution in [3.63, 3.8) is 0 Å². The van der Waals surface area contributed by atoms with Gasteiger partial charge in [-0.15, -0.1) is 11.8 Å². The van der Waals surface area contributed by atoms with Crippen LogP contribution in [0.25, 0.3) is 0 Å². The molecule has 2 heteroatoms. The molecular weight excluding hydrogens is 94.1 g/mol. The van der Waals surface area contributed by atoms with E-state index in [1.165, 1.54) is 5.75 Å². The molecular formula is C4H6NS. The quantitative estimate of drug-likeness (QED) is 0.447. The molecule has 0 bridgehead atoms. The summed E-state index contributed by atoms with van der Waals surface area (Å²) in [5, 5.41) is 0. The molecule has 0 unspecified atom stereocenters. The molecule has 1 nitrogen and oxygen atoms in total. The van der Waals surface area contributed by atoms with Crippen LogP contribution in [0.1, 0.15) is 6.42 Å². The molecule has 33 valence electrons. The van der Waals surface area contributed by atoms with Crippen molar-refractivity contribution in [2.45, 2.75) is 6.42 Å². The monoisotopic (exact) mass is 100 g/mol. The Balaban J connectivity index is 2.26. The first-order valence-electron chi connectivity index (χ1n) is 1.95. The van der Waals surface area contributed by atoms with E-state index in [9.17, 15) is 0 Å². The molecule has 0 saturated carbocycles. The highest BCUT2D eigenvalue weighted by molar-refractivity contribution is 8.01. The zero-order valence-corrected chi connectivity index (χ0v) is 4.24. The SMILES string of the molecule is [CH]1N=CCCS1. The molecule has 1 heterocycles. The molecule has 0 aromatic carbocycles. The molecule has 0 N–H and O–H groups in total. The van der Waals surface area contributed by atoms with E-state index in [-0.39, 0.29) is 0 Å². The third kappa shape index (κ3) is 1.01. The average molecular weight is 100 g/mol. The van der Waals surface area contributed by atoms with Gasteiger partial charge in [0, 0.05) is 12.0 Å². The lowest BCUT2D eigenvalue weighted by atomic mass is 10.5. The van der Waals surface area contributed by atoms with Crippen molar-refractivity contribution in [2.75, 3.05) is 5.75 Å². The zero-order valence-electron chi connectivity index (χ0n) is 3.42. The van der Waals surface area contributed by atoms with Gasteiger partial charge in [0.15, 0.2) is 0 Å². The maximum atomic E-state index is 3.89. The summed E-state index contributed by atoms with van der Waals surface area (Å²) >= 11 is 1.77. The Labute approximate surface area is 41.8 Å². The van der Waals surface area contributed by atoms with Crippen molar-refractivity contribution in [3.8, 4) is 0 Å². The van der Waals surface area contributed by atoms with Gasteiger partial charge in [-0.05, 0) is 6.42 Å². The standard InChI is InChI=1S/C4H6NS/c1-2-5-4-6-3-1/h2,4H,1,3H2. The van der Waals surface area contributed by atoms with Crippen molar-refractivity contribution in [2.24, 2.45) is 4.99 Å². The van der Waals surface area contributed by atoms with Crippen LogP contribution in [0.5, 0.6) is 0 Å². The van der Waals surface area contributed by atoms with Crippen LogP contribution in [0.4, 0.5) is 0 Å². The fourth-order valence-electron chi connectivity index (χ4n) is 0.334. The van der Waals surface area contributed by atoms with E-state index in [0.29, 0.717) is 0 Å². The van der Waals surface area contributed by atoms with Gasteiger partial charge in [0.05, 0.1) is 0 Å². The van der Waals surface area contributed by atoms with E-state index in [0.717, 1.165) is 6.42 Å². The minimum atomic E-state index is 1.14. The number of rotatable bonds is 0. The third-order valence-corrected chi connectivity index (χ3v) is 1.35. The van der Waals surface area contributed by atoms with Gasteiger partial charge < -0.3 is 0 Å². The highest BCUT2D eigenvalue weighted by Crippen LogP contribution is 2.10. The minimum Gasteiger partial charge on any atom is -0.280 e. The van der Waals surface area contributed by atoms with Crippen LogP contribution in [0.15, 0.2) is 4.99 Å². The van der Waals surface area contributed by atoms with Crippen LogP contribution in [-0.2, 0) is 0 Å². The van der Waals surface area contributed by atoms with Gasteiger partial charge in [-0.25, -0.2) is 0 Å². The summed E-state index contributed by atoms with van der Waals surface area (Å²) in [6.07, 6.45) is 3.08. The van der Waals surface area contributed by atoms with Crippen LogP contribution in [0.2, 0.25) is 0 Å². The summed E-state index contributed by atoms with van der Waals surface area (Å²) in [5.41, 5.74) is 0. The molecule has 0 amide bonds. The van der Waals surface area contributed by atoms with E-state index in [1.807, 2.05) is 12.1 Å². The molecule has 0 aliphatic carbocycles. The lowest BCUT2D eigenvalue weighted by Gasteiger charge is -1.96. The number of hydrogen-bond donors (Lipinski definition) is 0. The van der Waals surface area contributed by atoms with Crippen LogP contribution in [-0.4, -0.2) is 12.0 Å². The number of hydrogen-bond acceptors (Lipinski definition) is 2. The Hall–Kier alpha value is 0.0200. The van der Waals surface area contributed by atoms with E-state index in [2.05, 4.69) is 4.99 Å². The van der Waals surface area contributed by atoms with Gasteiger partial charge >= 0.3 is 0 Å². The summed E-state index contributed by atoms with van der Waals surface area (Å²) < 4.78 is 0. The molecule has 0 saturated heterocycles. The molecule has 0 aromatic heterocycles. The molecule has 0 atom stereocenters. The second kappa shape index (κ2) is 2.24. The molecule has 6 heavy (non-hydrogen) atoms. The van der Waals surface area contributed by atoms with Crippen molar-refractivity contribution >= 4 is 18.0 Å². The van der Waals surface area contributed by atoms with E-state index < -0.39 is 0 Å². The Bertz CT molecular complexity index is 52.6. The Morgan fingerprint density at radius 1 is 1.67 bits per heavy atom. The lowest BCUT2D eigenvalue weighted by Crippen LogP contribution is -1.84. The van der Waals surface area contributed by atoms with Crippen molar-refractivity contribution in [1.29, 1.82) is 0 Å². The van der Waals surface area contributed by atoms with Gasteiger partial charge in [0.25, 0.3) is 0 Å². The smallest absolute Gasteiger partial charge is 0.126 e. The predicted octanol–water partition coefficient (Wildman–Crippen LogP) is 1.31. The second-order valence-corrected chi connectivity index (χ2v) is 2.05. The van der Waals surface area contributed by atoms with E-state index in [4.69, 9.17) is 0 Å². The topological polar surface area (TPSA) is 12.4 Å². The highest BCUT2D eigenvalue weighted by Gasteiger charge is 1.88. The van der Waals surface area contributed by atoms with Gasteiger partial charge in [0.2, 0.25) is 0 Å². The number of thioether (sulfide) groups is 1. The fourth-order valence-corrected chi connectivity index (χ4v) is 0.853. The molecule has 0 aromatic rings. The maximum absolute atomic E-state index is 3.89. The molecule has 1 aliphatic rings. The van der Waals surface area contributed by atoms with Crippen LogP contribution in [0.3, 0.4) is 0 Å². The molecule has 1 aliphatic heterocycles. The Kier molecular flexibility index (Phi) is 1.56. The van der Waals surface area contributed by atoms with Crippen molar-refractivity contribution in [3.05, 3.63) is 5.88 Å². The van der Waals surface area contributed by atoms with Crippen LogP contribution in [0, 0.1) is 5.88 Å².